The Kier molecular flexibility index (Phi) is 15.0. The summed E-state index contributed by atoms with van der Waals surface area (Å²) in [6, 6.07) is 0. The van der Waals surface area contributed by atoms with Crippen LogP contribution in [0.15, 0.2) is 25.3 Å². The van der Waals surface area contributed by atoms with E-state index in [0.29, 0.717) is 19.5 Å². The fourth-order valence-corrected chi connectivity index (χ4v) is 0.614. The third kappa shape index (κ3) is 17.0. The van der Waals surface area contributed by atoms with Crippen LogP contribution in [-0.2, 0) is 9.59 Å². The number of carbonyl (C=O) groups is 2. The Labute approximate surface area is 101 Å². The first kappa shape index (κ1) is 17.7. The van der Waals surface area contributed by atoms with E-state index in [0.717, 1.165) is 6.08 Å². The van der Waals surface area contributed by atoms with Crippen LogP contribution in [0, 0.1) is 0 Å². The molecule has 6 nitrogen and oxygen atoms in total. The molecule has 0 aliphatic rings. The van der Waals surface area contributed by atoms with E-state index < -0.39 is 0 Å². The van der Waals surface area contributed by atoms with Crippen molar-refractivity contribution >= 4 is 11.8 Å². The molecule has 98 valence electrons. The van der Waals surface area contributed by atoms with Gasteiger partial charge in [-0.3, -0.25) is 9.59 Å². The van der Waals surface area contributed by atoms with Crippen LogP contribution in [0.2, 0.25) is 0 Å². The van der Waals surface area contributed by atoms with Gasteiger partial charge >= 0.3 is 0 Å². The summed E-state index contributed by atoms with van der Waals surface area (Å²) < 4.78 is 0. The zero-order valence-corrected chi connectivity index (χ0v) is 9.82. The van der Waals surface area contributed by atoms with Gasteiger partial charge in [0.2, 0.25) is 11.8 Å². The van der Waals surface area contributed by atoms with Crippen LogP contribution in [0.5, 0.6) is 0 Å². The zero-order chi connectivity index (χ0) is 13.5. The molecule has 0 fully saturated rings. The molecule has 0 aliphatic carbocycles. The van der Waals surface area contributed by atoms with Gasteiger partial charge in [-0.1, -0.05) is 13.2 Å². The van der Waals surface area contributed by atoms with E-state index in [-0.39, 0.29) is 25.0 Å². The van der Waals surface area contributed by atoms with Crippen molar-refractivity contribution in [3.05, 3.63) is 25.3 Å². The number of aliphatic hydroxyl groups is 2. The van der Waals surface area contributed by atoms with Gasteiger partial charge in [-0.2, -0.15) is 0 Å². The standard InChI is InChI=1S/C6H11NO2.C5H9NO2/c1-2-6(9)7-4-3-5-8;1-2-5(8)6-3-4-7/h2,8H,1,3-5H2,(H,7,9);2,7H,1,3-4H2,(H,6,8). The minimum Gasteiger partial charge on any atom is -0.396 e. The molecule has 2 amide bonds. The molecule has 0 bridgehead atoms. The molecule has 0 unspecified atom stereocenters. The number of nitrogens with one attached hydrogen (secondary N) is 2. The average molecular weight is 244 g/mol. The van der Waals surface area contributed by atoms with Gasteiger partial charge in [0.05, 0.1) is 6.61 Å². The van der Waals surface area contributed by atoms with E-state index in [1.807, 2.05) is 0 Å². The second-order valence-corrected chi connectivity index (χ2v) is 2.79. The van der Waals surface area contributed by atoms with Crippen LogP contribution in [0.1, 0.15) is 6.42 Å². The number of aliphatic hydroxyl groups excluding tert-OH is 2. The van der Waals surface area contributed by atoms with Gasteiger partial charge in [0.1, 0.15) is 0 Å². The van der Waals surface area contributed by atoms with E-state index in [4.69, 9.17) is 10.2 Å². The normalized spacial score (nSPS) is 8.35. The minimum absolute atomic E-state index is 0.0282. The average Bonchev–Trinajstić information content (AvgIpc) is 2.36. The van der Waals surface area contributed by atoms with Crippen molar-refractivity contribution < 1.29 is 19.8 Å². The highest BCUT2D eigenvalue weighted by Crippen LogP contribution is 1.72. The van der Waals surface area contributed by atoms with Gasteiger partial charge in [-0.05, 0) is 18.6 Å². The van der Waals surface area contributed by atoms with E-state index in [2.05, 4.69) is 23.8 Å². The monoisotopic (exact) mass is 244 g/mol. The first-order valence-corrected chi connectivity index (χ1v) is 5.14. The van der Waals surface area contributed by atoms with Crippen molar-refractivity contribution in [2.75, 3.05) is 26.3 Å². The molecule has 0 aromatic heterocycles. The number of amides is 2. The second kappa shape index (κ2) is 14.3. The smallest absolute Gasteiger partial charge is 0.243 e. The van der Waals surface area contributed by atoms with Crippen LogP contribution < -0.4 is 10.6 Å². The van der Waals surface area contributed by atoms with Gasteiger partial charge in [0, 0.05) is 19.7 Å². The van der Waals surface area contributed by atoms with Gasteiger partial charge in [0.25, 0.3) is 0 Å². The molecule has 0 atom stereocenters. The van der Waals surface area contributed by atoms with Gasteiger partial charge in [-0.25, -0.2) is 0 Å². The fourth-order valence-electron chi connectivity index (χ4n) is 0.614. The predicted octanol–water partition coefficient (Wildman–Crippen LogP) is -1.05. The van der Waals surface area contributed by atoms with Crippen LogP contribution in [-0.4, -0.2) is 48.3 Å². The molecule has 0 rings (SSSR count). The summed E-state index contributed by atoms with van der Waals surface area (Å²) in [6.07, 6.45) is 2.96. The highest BCUT2D eigenvalue weighted by atomic mass is 16.3. The van der Waals surface area contributed by atoms with Gasteiger partial charge in [-0.15, -0.1) is 0 Å². The van der Waals surface area contributed by atoms with Crippen molar-refractivity contribution in [1.82, 2.24) is 10.6 Å². The quantitative estimate of drug-likeness (QED) is 0.339. The van der Waals surface area contributed by atoms with Gasteiger partial charge in [0.15, 0.2) is 0 Å². The lowest BCUT2D eigenvalue weighted by Crippen LogP contribution is -2.23. The largest absolute Gasteiger partial charge is 0.396 e. The highest BCUT2D eigenvalue weighted by molar-refractivity contribution is 5.87. The van der Waals surface area contributed by atoms with Crippen molar-refractivity contribution in [3.8, 4) is 0 Å². The first-order chi connectivity index (χ1) is 8.12. The van der Waals surface area contributed by atoms with Crippen LogP contribution in [0.25, 0.3) is 0 Å². The third-order valence-corrected chi connectivity index (χ3v) is 1.42. The Morgan fingerprint density at radius 3 is 1.76 bits per heavy atom. The summed E-state index contributed by atoms with van der Waals surface area (Å²) in [6.45, 7) is 7.38. The lowest BCUT2D eigenvalue weighted by molar-refractivity contribution is -0.117. The lowest BCUT2D eigenvalue weighted by atomic mass is 10.4. The van der Waals surface area contributed by atoms with Crippen molar-refractivity contribution in [1.29, 1.82) is 0 Å². The first-order valence-electron chi connectivity index (χ1n) is 5.14. The molecule has 0 aromatic carbocycles. The number of carbonyl (C=O) groups excluding carboxylic acids is 2. The molecule has 4 N–H and O–H groups in total. The summed E-state index contributed by atoms with van der Waals surface area (Å²) in [5.74, 6) is -0.442. The third-order valence-electron chi connectivity index (χ3n) is 1.42. The Hall–Kier alpha value is -1.66. The molecule has 0 radical (unpaired) electrons. The lowest BCUT2D eigenvalue weighted by Gasteiger charge is -1.96. The number of rotatable bonds is 7. The highest BCUT2D eigenvalue weighted by Gasteiger charge is 1.89. The van der Waals surface area contributed by atoms with Crippen molar-refractivity contribution in [3.63, 3.8) is 0 Å². The molecule has 17 heavy (non-hydrogen) atoms. The minimum atomic E-state index is -0.251. The maximum Gasteiger partial charge on any atom is 0.243 e. The fraction of sp³-hybridized carbons (Fsp3) is 0.455. The van der Waals surface area contributed by atoms with Crippen LogP contribution >= 0.6 is 0 Å². The molecular weight excluding hydrogens is 224 g/mol. The van der Waals surface area contributed by atoms with Crippen LogP contribution in [0.3, 0.4) is 0 Å². The Morgan fingerprint density at radius 2 is 1.41 bits per heavy atom. The van der Waals surface area contributed by atoms with E-state index in [9.17, 15) is 9.59 Å². The maximum atomic E-state index is 10.4. The van der Waals surface area contributed by atoms with E-state index in [1.54, 1.807) is 0 Å². The van der Waals surface area contributed by atoms with E-state index >= 15 is 0 Å². The SMILES string of the molecule is C=CC(=O)NCCCO.C=CC(=O)NCCO. The predicted molar refractivity (Wildman–Crippen MR) is 65.2 cm³/mol. The van der Waals surface area contributed by atoms with Crippen molar-refractivity contribution in [2.24, 2.45) is 0 Å². The van der Waals surface area contributed by atoms with Crippen molar-refractivity contribution in [2.45, 2.75) is 6.42 Å². The molecule has 6 heteroatoms. The Bertz CT molecular complexity index is 242. The summed E-state index contributed by atoms with van der Waals surface area (Å²) in [5, 5.41) is 21.3. The number of hydrogen-bond acceptors (Lipinski definition) is 4. The topological polar surface area (TPSA) is 98.7 Å². The van der Waals surface area contributed by atoms with Crippen LogP contribution in [0.4, 0.5) is 0 Å². The summed E-state index contributed by atoms with van der Waals surface area (Å²) in [5.41, 5.74) is 0. The Morgan fingerprint density at radius 1 is 0.941 bits per heavy atom. The molecule has 0 heterocycles. The molecule has 0 saturated carbocycles. The van der Waals surface area contributed by atoms with Gasteiger partial charge < -0.3 is 20.8 Å². The second-order valence-electron chi connectivity index (χ2n) is 2.79. The summed E-state index contributed by atoms with van der Waals surface area (Å²) >= 11 is 0. The summed E-state index contributed by atoms with van der Waals surface area (Å²) in [7, 11) is 0. The Balaban J connectivity index is 0. The molecular formula is C11H20N2O4. The molecule has 0 aliphatic heterocycles. The van der Waals surface area contributed by atoms with E-state index in [1.165, 1.54) is 6.08 Å². The summed E-state index contributed by atoms with van der Waals surface area (Å²) in [4.78, 5) is 20.6. The zero-order valence-electron chi connectivity index (χ0n) is 9.82. The molecule has 0 aromatic rings. The molecule has 0 spiro atoms. The maximum absolute atomic E-state index is 10.4. The number of hydrogen-bond donors (Lipinski definition) is 4. The molecule has 0 saturated heterocycles.